The minimum Gasteiger partial charge on any atom is -0.496 e. The minimum atomic E-state index is -0.687. The van der Waals surface area contributed by atoms with Gasteiger partial charge in [0.1, 0.15) is 28.4 Å². The number of hydrogen-bond donors (Lipinski definition) is 0. The van der Waals surface area contributed by atoms with Crippen LogP contribution in [0.25, 0.3) is 11.0 Å². The van der Waals surface area contributed by atoms with Crippen LogP contribution in [-0.4, -0.2) is 23.0 Å². The van der Waals surface area contributed by atoms with E-state index >= 15 is 0 Å². The highest BCUT2D eigenvalue weighted by atomic mass is 19.1. The summed E-state index contributed by atoms with van der Waals surface area (Å²) in [7, 11) is 1.44. The van der Waals surface area contributed by atoms with Gasteiger partial charge in [-0.1, -0.05) is 6.07 Å². The van der Waals surface area contributed by atoms with Crippen molar-refractivity contribution < 1.29 is 18.7 Å². The lowest BCUT2D eigenvalue weighted by molar-refractivity contribution is 0.0733. The summed E-state index contributed by atoms with van der Waals surface area (Å²) in [5, 5.41) is 0. The van der Waals surface area contributed by atoms with Crippen molar-refractivity contribution in [3.63, 3.8) is 0 Å². The number of benzene rings is 2. The maximum Gasteiger partial charge on any atom is 0.349 e. The highest BCUT2D eigenvalue weighted by molar-refractivity contribution is 6.05. The SMILES string of the molecule is COc1ccc2nccnc2c1C(=O)Oc1cccc(F)c1. The number of rotatable bonds is 3. The Labute approximate surface area is 125 Å². The van der Waals surface area contributed by atoms with Crippen molar-refractivity contribution in [2.75, 3.05) is 7.11 Å². The smallest absolute Gasteiger partial charge is 0.349 e. The third kappa shape index (κ3) is 2.58. The standard InChI is InChI=1S/C16H11FN2O3/c1-21-13-6-5-12-15(19-8-7-18-12)14(13)16(20)22-11-4-2-3-10(17)9-11/h2-9H,1H3. The van der Waals surface area contributed by atoms with Gasteiger partial charge < -0.3 is 9.47 Å². The summed E-state index contributed by atoms with van der Waals surface area (Å²) in [6.07, 6.45) is 3.00. The molecule has 0 N–H and O–H groups in total. The molecule has 2 aromatic carbocycles. The largest absolute Gasteiger partial charge is 0.496 e. The number of esters is 1. The second kappa shape index (κ2) is 5.77. The van der Waals surface area contributed by atoms with E-state index in [9.17, 15) is 9.18 Å². The molecule has 22 heavy (non-hydrogen) atoms. The summed E-state index contributed by atoms with van der Waals surface area (Å²) in [6, 6.07) is 8.64. The predicted octanol–water partition coefficient (Wildman–Crippen LogP) is 3.00. The fourth-order valence-electron chi connectivity index (χ4n) is 2.07. The molecule has 0 spiro atoms. The minimum absolute atomic E-state index is 0.105. The first kappa shape index (κ1) is 13.9. The fourth-order valence-corrected chi connectivity index (χ4v) is 2.07. The van der Waals surface area contributed by atoms with Crippen LogP contribution in [-0.2, 0) is 0 Å². The number of fused-ring (bicyclic) bond motifs is 1. The molecule has 0 radical (unpaired) electrons. The van der Waals surface area contributed by atoms with Crippen LogP contribution in [0.3, 0.4) is 0 Å². The van der Waals surface area contributed by atoms with Crippen LogP contribution in [0, 0.1) is 5.82 Å². The summed E-state index contributed by atoms with van der Waals surface area (Å²) in [6.45, 7) is 0. The Morgan fingerprint density at radius 1 is 1.14 bits per heavy atom. The summed E-state index contributed by atoms with van der Waals surface area (Å²) in [4.78, 5) is 20.7. The number of carbonyl (C=O) groups is 1. The van der Waals surface area contributed by atoms with Crippen molar-refractivity contribution in [3.8, 4) is 11.5 Å². The van der Waals surface area contributed by atoms with Crippen molar-refractivity contribution in [3.05, 3.63) is 60.2 Å². The van der Waals surface area contributed by atoms with Crippen LogP contribution in [0.2, 0.25) is 0 Å². The highest BCUT2D eigenvalue weighted by Crippen LogP contribution is 2.27. The Morgan fingerprint density at radius 3 is 2.73 bits per heavy atom. The second-order valence-electron chi connectivity index (χ2n) is 4.41. The molecule has 0 aliphatic carbocycles. The molecule has 0 atom stereocenters. The molecule has 0 saturated carbocycles. The Kier molecular flexibility index (Phi) is 3.65. The van der Waals surface area contributed by atoms with Gasteiger partial charge in [-0.05, 0) is 24.3 Å². The van der Waals surface area contributed by atoms with Crippen LogP contribution in [0.15, 0.2) is 48.8 Å². The number of carbonyl (C=O) groups excluding carboxylic acids is 1. The molecule has 110 valence electrons. The number of nitrogens with zero attached hydrogens (tertiary/aromatic N) is 2. The summed E-state index contributed by atoms with van der Waals surface area (Å²) in [5.41, 5.74) is 1.05. The third-order valence-electron chi connectivity index (χ3n) is 3.03. The van der Waals surface area contributed by atoms with E-state index in [1.165, 1.54) is 37.7 Å². The molecule has 0 saturated heterocycles. The van der Waals surface area contributed by atoms with Crippen molar-refractivity contribution in [2.45, 2.75) is 0 Å². The normalized spacial score (nSPS) is 10.5. The number of halogens is 1. The van der Waals surface area contributed by atoms with Crippen molar-refractivity contribution in [2.24, 2.45) is 0 Å². The molecule has 0 aliphatic rings. The third-order valence-corrected chi connectivity index (χ3v) is 3.03. The number of methoxy groups -OCH3 is 1. The first-order chi connectivity index (χ1) is 10.7. The summed E-state index contributed by atoms with van der Waals surface area (Å²) in [5.74, 6) is -0.758. The fraction of sp³-hybridized carbons (Fsp3) is 0.0625. The quantitative estimate of drug-likeness (QED) is 0.549. The topological polar surface area (TPSA) is 61.3 Å². The van der Waals surface area contributed by atoms with Crippen LogP contribution in [0.5, 0.6) is 11.5 Å². The predicted molar refractivity (Wildman–Crippen MR) is 77.4 cm³/mol. The molecule has 0 fully saturated rings. The molecule has 1 aromatic heterocycles. The lowest BCUT2D eigenvalue weighted by atomic mass is 10.1. The van der Waals surface area contributed by atoms with E-state index in [4.69, 9.17) is 9.47 Å². The Bertz CT molecular complexity index is 852. The molecule has 3 rings (SSSR count). The highest BCUT2D eigenvalue weighted by Gasteiger charge is 2.20. The van der Waals surface area contributed by atoms with Gasteiger partial charge in [-0.3, -0.25) is 9.97 Å². The van der Waals surface area contributed by atoms with E-state index in [1.54, 1.807) is 12.1 Å². The van der Waals surface area contributed by atoms with E-state index in [0.29, 0.717) is 16.8 Å². The van der Waals surface area contributed by atoms with Gasteiger partial charge in [0.2, 0.25) is 0 Å². The van der Waals surface area contributed by atoms with Gasteiger partial charge in [-0.2, -0.15) is 0 Å². The number of aromatic nitrogens is 2. The van der Waals surface area contributed by atoms with Gasteiger partial charge >= 0.3 is 5.97 Å². The Morgan fingerprint density at radius 2 is 1.95 bits per heavy atom. The van der Waals surface area contributed by atoms with Gasteiger partial charge in [0.05, 0.1) is 12.6 Å². The van der Waals surface area contributed by atoms with Gasteiger partial charge in [0, 0.05) is 18.5 Å². The Balaban J connectivity index is 2.06. The molecule has 5 nitrogen and oxygen atoms in total. The lowest BCUT2D eigenvalue weighted by Crippen LogP contribution is -2.12. The van der Waals surface area contributed by atoms with Crippen LogP contribution < -0.4 is 9.47 Å². The molecular weight excluding hydrogens is 287 g/mol. The molecule has 0 amide bonds. The van der Waals surface area contributed by atoms with E-state index in [0.717, 1.165) is 6.07 Å². The molecule has 0 unspecified atom stereocenters. The first-order valence-electron chi connectivity index (χ1n) is 6.44. The van der Waals surface area contributed by atoms with Crippen LogP contribution in [0.4, 0.5) is 4.39 Å². The van der Waals surface area contributed by atoms with Gasteiger partial charge in [-0.25, -0.2) is 9.18 Å². The molecule has 0 bridgehead atoms. The maximum absolute atomic E-state index is 13.2. The monoisotopic (exact) mass is 298 g/mol. The van der Waals surface area contributed by atoms with E-state index in [2.05, 4.69) is 9.97 Å². The Hall–Kier alpha value is -3.02. The maximum atomic E-state index is 13.2. The molecule has 3 aromatic rings. The van der Waals surface area contributed by atoms with E-state index in [-0.39, 0.29) is 11.3 Å². The molecule has 1 heterocycles. The van der Waals surface area contributed by atoms with Gasteiger partial charge in [0.25, 0.3) is 0 Å². The zero-order valence-electron chi connectivity index (χ0n) is 11.6. The van der Waals surface area contributed by atoms with Gasteiger partial charge in [0.15, 0.2) is 0 Å². The number of hydrogen-bond acceptors (Lipinski definition) is 5. The zero-order chi connectivity index (χ0) is 15.5. The van der Waals surface area contributed by atoms with Crippen LogP contribution >= 0.6 is 0 Å². The summed E-state index contributed by atoms with van der Waals surface area (Å²) >= 11 is 0. The number of ether oxygens (including phenoxy) is 2. The first-order valence-corrected chi connectivity index (χ1v) is 6.44. The second-order valence-corrected chi connectivity index (χ2v) is 4.41. The van der Waals surface area contributed by atoms with E-state index in [1.807, 2.05) is 0 Å². The zero-order valence-corrected chi connectivity index (χ0v) is 11.6. The molecule has 0 aliphatic heterocycles. The molecular formula is C16H11FN2O3. The van der Waals surface area contributed by atoms with Crippen molar-refractivity contribution in [1.29, 1.82) is 0 Å². The van der Waals surface area contributed by atoms with Crippen LogP contribution in [0.1, 0.15) is 10.4 Å². The average molecular weight is 298 g/mol. The average Bonchev–Trinajstić information content (AvgIpc) is 2.53. The van der Waals surface area contributed by atoms with E-state index < -0.39 is 11.8 Å². The van der Waals surface area contributed by atoms with Gasteiger partial charge in [-0.15, -0.1) is 0 Å². The van der Waals surface area contributed by atoms with Crippen molar-refractivity contribution >= 4 is 17.0 Å². The molecule has 6 heteroatoms. The van der Waals surface area contributed by atoms with Crippen molar-refractivity contribution in [1.82, 2.24) is 9.97 Å². The summed E-state index contributed by atoms with van der Waals surface area (Å²) < 4.78 is 23.6. The lowest BCUT2D eigenvalue weighted by Gasteiger charge is -2.10.